The zero-order chi connectivity index (χ0) is 15.1. The molecule has 1 aromatic carbocycles. The summed E-state index contributed by atoms with van der Waals surface area (Å²) in [5.74, 6) is 7.35. The summed E-state index contributed by atoms with van der Waals surface area (Å²) in [6.07, 6.45) is 2.77. The molecule has 108 valence electrons. The van der Waals surface area contributed by atoms with E-state index in [-0.39, 0.29) is 5.41 Å². The van der Waals surface area contributed by atoms with Crippen molar-refractivity contribution in [2.45, 2.75) is 27.2 Å². The number of pyridine rings is 1. The Bertz CT molecular complexity index is 628. The van der Waals surface area contributed by atoms with Crippen molar-refractivity contribution >= 4 is 5.82 Å². The van der Waals surface area contributed by atoms with Gasteiger partial charge in [-0.2, -0.15) is 0 Å². The van der Waals surface area contributed by atoms with Crippen molar-refractivity contribution in [2.75, 3.05) is 11.9 Å². The van der Waals surface area contributed by atoms with E-state index in [0.717, 1.165) is 24.3 Å². The van der Waals surface area contributed by atoms with Crippen LogP contribution in [0.15, 0.2) is 48.7 Å². The maximum atomic E-state index is 4.40. The highest BCUT2D eigenvalue weighted by Crippen LogP contribution is 2.14. The largest absolute Gasteiger partial charge is 0.369 e. The molecule has 0 saturated carbocycles. The van der Waals surface area contributed by atoms with Gasteiger partial charge in [-0.1, -0.05) is 42.2 Å². The van der Waals surface area contributed by atoms with Gasteiger partial charge in [-0.25, -0.2) is 4.98 Å². The van der Waals surface area contributed by atoms with E-state index in [0.29, 0.717) is 0 Å². The van der Waals surface area contributed by atoms with Gasteiger partial charge >= 0.3 is 0 Å². The first-order chi connectivity index (χ1) is 10.0. The summed E-state index contributed by atoms with van der Waals surface area (Å²) >= 11 is 0. The second-order valence-electron chi connectivity index (χ2n) is 6.06. The molecule has 2 nitrogen and oxygen atoms in total. The quantitative estimate of drug-likeness (QED) is 0.850. The van der Waals surface area contributed by atoms with Crippen molar-refractivity contribution in [1.29, 1.82) is 0 Å². The fourth-order valence-electron chi connectivity index (χ4n) is 1.87. The van der Waals surface area contributed by atoms with Gasteiger partial charge in [0.05, 0.1) is 5.56 Å². The number of hydrogen-bond acceptors (Lipinski definition) is 2. The van der Waals surface area contributed by atoms with Crippen LogP contribution in [0, 0.1) is 17.3 Å². The van der Waals surface area contributed by atoms with Crippen molar-refractivity contribution in [1.82, 2.24) is 4.98 Å². The fraction of sp³-hybridized carbons (Fsp3) is 0.316. The van der Waals surface area contributed by atoms with E-state index in [9.17, 15) is 0 Å². The highest BCUT2D eigenvalue weighted by Gasteiger charge is 2.05. The molecule has 0 spiro atoms. The van der Waals surface area contributed by atoms with Gasteiger partial charge < -0.3 is 5.32 Å². The van der Waals surface area contributed by atoms with Gasteiger partial charge in [0.2, 0.25) is 0 Å². The molecule has 1 aromatic heterocycles. The van der Waals surface area contributed by atoms with Gasteiger partial charge in [-0.3, -0.25) is 0 Å². The van der Waals surface area contributed by atoms with Gasteiger partial charge in [0, 0.05) is 18.2 Å². The highest BCUT2D eigenvalue weighted by molar-refractivity contribution is 5.53. The van der Waals surface area contributed by atoms with Crippen LogP contribution in [0.3, 0.4) is 0 Å². The third-order valence-corrected chi connectivity index (χ3v) is 2.93. The monoisotopic (exact) mass is 278 g/mol. The minimum atomic E-state index is -0.00283. The number of nitrogens with zero attached hydrogens (tertiary/aromatic N) is 1. The molecule has 1 N–H and O–H groups in total. The van der Waals surface area contributed by atoms with Gasteiger partial charge in [0.1, 0.15) is 5.82 Å². The van der Waals surface area contributed by atoms with Gasteiger partial charge in [0.25, 0.3) is 0 Å². The van der Waals surface area contributed by atoms with Crippen LogP contribution in [0.2, 0.25) is 0 Å². The lowest BCUT2D eigenvalue weighted by molar-refractivity contribution is 0.571. The molecular formula is C19H22N2. The first-order valence-corrected chi connectivity index (χ1v) is 7.30. The predicted octanol–water partition coefficient (Wildman–Crippen LogP) is 4.13. The molecular weight excluding hydrogens is 256 g/mol. The van der Waals surface area contributed by atoms with E-state index in [1.165, 1.54) is 5.56 Å². The van der Waals surface area contributed by atoms with Crippen molar-refractivity contribution in [3.63, 3.8) is 0 Å². The van der Waals surface area contributed by atoms with Gasteiger partial charge in [-0.05, 0) is 44.9 Å². The molecule has 0 aliphatic carbocycles. The number of nitrogens with one attached hydrogen (secondary N) is 1. The molecule has 0 unspecified atom stereocenters. The Balaban J connectivity index is 2.01. The Labute approximate surface area is 127 Å². The van der Waals surface area contributed by atoms with E-state index in [2.05, 4.69) is 67.2 Å². The SMILES string of the molecule is CC(C)(C)C#Cc1cccnc1NCCc1ccccc1. The topological polar surface area (TPSA) is 24.9 Å². The Hall–Kier alpha value is -2.27. The molecule has 2 rings (SSSR count). The maximum absolute atomic E-state index is 4.40. The van der Waals surface area contributed by atoms with Crippen LogP contribution in [0.1, 0.15) is 31.9 Å². The second-order valence-corrected chi connectivity index (χ2v) is 6.06. The standard InChI is InChI=1S/C19H22N2/c1-19(2,3)13-11-17-10-7-14-20-18(17)21-15-12-16-8-5-4-6-9-16/h4-10,14H,12,15H2,1-3H3,(H,20,21). The van der Waals surface area contributed by atoms with E-state index in [1.807, 2.05) is 18.2 Å². The summed E-state index contributed by atoms with van der Waals surface area (Å²) < 4.78 is 0. The van der Waals surface area contributed by atoms with Crippen molar-refractivity contribution < 1.29 is 0 Å². The Kier molecular flexibility index (Phi) is 5.00. The zero-order valence-corrected chi connectivity index (χ0v) is 13.0. The lowest BCUT2D eigenvalue weighted by Crippen LogP contribution is -2.08. The van der Waals surface area contributed by atoms with Crippen LogP contribution in [-0.4, -0.2) is 11.5 Å². The van der Waals surface area contributed by atoms with Crippen LogP contribution in [0.25, 0.3) is 0 Å². The number of rotatable bonds is 4. The van der Waals surface area contributed by atoms with Crippen LogP contribution >= 0.6 is 0 Å². The summed E-state index contributed by atoms with van der Waals surface area (Å²) in [5, 5.41) is 3.38. The first kappa shape index (κ1) is 15.1. The molecule has 21 heavy (non-hydrogen) atoms. The van der Waals surface area contributed by atoms with E-state index in [4.69, 9.17) is 0 Å². The average Bonchev–Trinajstić information content (AvgIpc) is 2.46. The molecule has 0 amide bonds. The number of benzene rings is 1. The van der Waals surface area contributed by atoms with Crippen LogP contribution in [-0.2, 0) is 6.42 Å². The predicted molar refractivity (Wildman–Crippen MR) is 89.2 cm³/mol. The fourth-order valence-corrected chi connectivity index (χ4v) is 1.87. The summed E-state index contributed by atoms with van der Waals surface area (Å²) in [4.78, 5) is 4.40. The number of anilines is 1. The summed E-state index contributed by atoms with van der Waals surface area (Å²) in [6.45, 7) is 7.18. The number of hydrogen-bond donors (Lipinski definition) is 1. The van der Waals surface area contributed by atoms with Crippen molar-refractivity contribution in [3.8, 4) is 11.8 Å². The highest BCUT2D eigenvalue weighted by atomic mass is 15.0. The van der Waals surface area contributed by atoms with Crippen LogP contribution < -0.4 is 5.32 Å². The molecule has 0 aliphatic heterocycles. The molecule has 0 radical (unpaired) electrons. The Morgan fingerprint density at radius 2 is 1.81 bits per heavy atom. The molecule has 0 aliphatic rings. The van der Waals surface area contributed by atoms with E-state index < -0.39 is 0 Å². The molecule has 0 fully saturated rings. The van der Waals surface area contributed by atoms with Crippen molar-refractivity contribution in [3.05, 3.63) is 59.8 Å². The first-order valence-electron chi connectivity index (χ1n) is 7.30. The summed E-state index contributed by atoms with van der Waals surface area (Å²) in [5.41, 5.74) is 2.28. The third kappa shape index (κ3) is 5.31. The van der Waals surface area contributed by atoms with Gasteiger partial charge in [-0.15, -0.1) is 0 Å². The Morgan fingerprint density at radius 1 is 1.05 bits per heavy atom. The molecule has 2 aromatic rings. The lowest BCUT2D eigenvalue weighted by atomic mass is 9.97. The second kappa shape index (κ2) is 6.95. The van der Waals surface area contributed by atoms with E-state index in [1.54, 1.807) is 6.20 Å². The molecule has 0 bridgehead atoms. The summed E-state index contributed by atoms with van der Waals surface area (Å²) in [7, 11) is 0. The summed E-state index contributed by atoms with van der Waals surface area (Å²) in [6, 6.07) is 14.4. The van der Waals surface area contributed by atoms with Crippen LogP contribution in [0.5, 0.6) is 0 Å². The zero-order valence-electron chi connectivity index (χ0n) is 13.0. The number of aromatic nitrogens is 1. The minimum absolute atomic E-state index is 0.00283. The minimum Gasteiger partial charge on any atom is -0.369 e. The maximum Gasteiger partial charge on any atom is 0.141 e. The van der Waals surface area contributed by atoms with Gasteiger partial charge in [0.15, 0.2) is 0 Å². The van der Waals surface area contributed by atoms with E-state index >= 15 is 0 Å². The molecule has 0 saturated heterocycles. The Morgan fingerprint density at radius 3 is 2.52 bits per heavy atom. The molecule has 1 heterocycles. The molecule has 2 heteroatoms. The van der Waals surface area contributed by atoms with Crippen LogP contribution in [0.4, 0.5) is 5.82 Å². The normalized spacial score (nSPS) is 10.6. The average molecular weight is 278 g/mol. The third-order valence-electron chi connectivity index (χ3n) is 2.93. The smallest absolute Gasteiger partial charge is 0.141 e. The molecule has 0 atom stereocenters. The van der Waals surface area contributed by atoms with Crippen molar-refractivity contribution in [2.24, 2.45) is 5.41 Å². The lowest BCUT2D eigenvalue weighted by Gasteiger charge is -2.09.